The van der Waals surface area contributed by atoms with Crippen LogP contribution in [0.4, 0.5) is 0 Å². The zero-order valence-electron chi connectivity index (χ0n) is 14.4. The summed E-state index contributed by atoms with van der Waals surface area (Å²) in [5.74, 6) is -1.80. The van der Waals surface area contributed by atoms with Crippen molar-refractivity contribution in [3.8, 4) is 5.75 Å². The van der Waals surface area contributed by atoms with Gasteiger partial charge in [-0.3, -0.25) is 19.6 Å². The van der Waals surface area contributed by atoms with Crippen molar-refractivity contribution in [1.29, 1.82) is 0 Å². The molecule has 0 amide bonds. The van der Waals surface area contributed by atoms with Gasteiger partial charge < -0.3 is 14.5 Å². The normalized spacial score (nSPS) is 15.9. The Hall–Kier alpha value is -3.55. The SMILES string of the molecule is CCOC(=O)c1c[nH]c(=O)c2c1OC(=O)C[C@H]2c1ccc2nccnc2c1. The van der Waals surface area contributed by atoms with Crippen molar-refractivity contribution in [3.63, 3.8) is 0 Å². The predicted octanol–water partition coefficient (Wildman–Crippen LogP) is 1.94. The number of carbonyl (C=O) groups excluding carboxylic acids is 2. The van der Waals surface area contributed by atoms with Crippen LogP contribution >= 0.6 is 0 Å². The molecule has 1 N–H and O–H groups in total. The first-order chi connectivity index (χ1) is 13.1. The molecular weight excluding hydrogens is 350 g/mol. The van der Waals surface area contributed by atoms with Crippen LogP contribution in [0.3, 0.4) is 0 Å². The van der Waals surface area contributed by atoms with Gasteiger partial charge in [0.1, 0.15) is 5.56 Å². The molecule has 0 saturated carbocycles. The minimum atomic E-state index is -0.664. The van der Waals surface area contributed by atoms with E-state index in [1.807, 2.05) is 0 Å². The van der Waals surface area contributed by atoms with Crippen LogP contribution in [0.25, 0.3) is 11.0 Å². The number of hydrogen-bond acceptors (Lipinski definition) is 7. The summed E-state index contributed by atoms with van der Waals surface area (Å²) >= 11 is 0. The summed E-state index contributed by atoms with van der Waals surface area (Å²) < 4.78 is 10.3. The average molecular weight is 365 g/mol. The Morgan fingerprint density at radius 3 is 2.81 bits per heavy atom. The van der Waals surface area contributed by atoms with Crippen molar-refractivity contribution in [2.75, 3.05) is 6.61 Å². The number of pyridine rings is 1. The summed E-state index contributed by atoms with van der Waals surface area (Å²) in [5, 5.41) is 0. The third-order valence-electron chi connectivity index (χ3n) is 4.41. The fraction of sp³-hybridized carbons (Fsp3) is 0.211. The third kappa shape index (κ3) is 2.95. The molecule has 0 spiro atoms. The fourth-order valence-electron chi connectivity index (χ4n) is 3.22. The second kappa shape index (κ2) is 6.64. The van der Waals surface area contributed by atoms with E-state index in [2.05, 4.69) is 15.0 Å². The number of benzene rings is 1. The maximum Gasteiger partial charge on any atom is 0.343 e. The molecule has 3 aromatic rings. The summed E-state index contributed by atoms with van der Waals surface area (Å²) in [5.41, 5.74) is 1.89. The van der Waals surface area contributed by atoms with Crippen molar-refractivity contribution >= 4 is 23.0 Å². The first-order valence-corrected chi connectivity index (χ1v) is 8.42. The van der Waals surface area contributed by atoms with Gasteiger partial charge in [0.15, 0.2) is 5.75 Å². The molecule has 27 heavy (non-hydrogen) atoms. The van der Waals surface area contributed by atoms with E-state index < -0.39 is 23.4 Å². The van der Waals surface area contributed by atoms with Gasteiger partial charge in [0.2, 0.25) is 0 Å². The Morgan fingerprint density at radius 2 is 2.04 bits per heavy atom. The number of nitrogens with zero attached hydrogens (tertiary/aromatic N) is 2. The van der Waals surface area contributed by atoms with E-state index in [0.717, 1.165) is 0 Å². The highest BCUT2D eigenvalue weighted by Gasteiger charge is 2.35. The number of carbonyl (C=O) groups is 2. The number of nitrogens with one attached hydrogen (secondary N) is 1. The average Bonchev–Trinajstić information content (AvgIpc) is 2.67. The Balaban J connectivity index is 1.89. The number of ether oxygens (including phenoxy) is 2. The van der Waals surface area contributed by atoms with Gasteiger partial charge in [0.25, 0.3) is 5.56 Å². The lowest BCUT2D eigenvalue weighted by Crippen LogP contribution is -2.30. The Bertz CT molecular complexity index is 1120. The lowest BCUT2D eigenvalue weighted by atomic mass is 9.86. The van der Waals surface area contributed by atoms with E-state index in [-0.39, 0.29) is 29.9 Å². The number of hydrogen-bond donors (Lipinski definition) is 1. The van der Waals surface area contributed by atoms with Crippen LogP contribution in [0.1, 0.15) is 40.7 Å². The van der Waals surface area contributed by atoms with Crippen molar-refractivity contribution in [2.45, 2.75) is 19.3 Å². The summed E-state index contributed by atoms with van der Waals surface area (Å²) in [6.45, 7) is 1.83. The van der Waals surface area contributed by atoms with Gasteiger partial charge in [-0.05, 0) is 24.6 Å². The minimum absolute atomic E-state index is 0.0186. The highest BCUT2D eigenvalue weighted by atomic mass is 16.5. The van der Waals surface area contributed by atoms with Crippen molar-refractivity contribution in [3.05, 3.63) is 63.8 Å². The van der Waals surface area contributed by atoms with Crippen LogP contribution < -0.4 is 10.3 Å². The van der Waals surface area contributed by atoms with Gasteiger partial charge in [-0.15, -0.1) is 0 Å². The molecule has 0 unspecified atom stereocenters. The number of esters is 2. The molecule has 0 fully saturated rings. The maximum atomic E-state index is 12.5. The monoisotopic (exact) mass is 365 g/mol. The lowest BCUT2D eigenvalue weighted by Gasteiger charge is -2.25. The zero-order chi connectivity index (χ0) is 19.0. The van der Waals surface area contributed by atoms with Gasteiger partial charge in [-0.2, -0.15) is 0 Å². The van der Waals surface area contributed by atoms with E-state index in [4.69, 9.17) is 9.47 Å². The first-order valence-electron chi connectivity index (χ1n) is 8.42. The molecule has 8 nitrogen and oxygen atoms in total. The molecule has 1 aromatic carbocycles. The summed E-state index contributed by atoms with van der Waals surface area (Å²) in [6.07, 6.45) is 4.35. The number of H-pyrrole nitrogens is 1. The smallest absolute Gasteiger partial charge is 0.343 e. The van der Waals surface area contributed by atoms with Crippen molar-refractivity contribution < 1.29 is 19.1 Å². The third-order valence-corrected chi connectivity index (χ3v) is 4.41. The topological polar surface area (TPSA) is 111 Å². The lowest BCUT2D eigenvalue weighted by molar-refractivity contribution is -0.135. The number of rotatable bonds is 3. The van der Waals surface area contributed by atoms with E-state index >= 15 is 0 Å². The molecule has 1 aliphatic rings. The molecule has 0 aliphatic carbocycles. The molecule has 8 heteroatoms. The molecule has 0 saturated heterocycles. The van der Waals surface area contributed by atoms with Gasteiger partial charge in [-0.25, -0.2) is 4.79 Å². The van der Waals surface area contributed by atoms with Gasteiger partial charge in [0, 0.05) is 24.5 Å². The van der Waals surface area contributed by atoms with E-state index in [9.17, 15) is 14.4 Å². The van der Waals surface area contributed by atoms with Crippen molar-refractivity contribution in [1.82, 2.24) is 15.0 Å². The Labute approximate surface area is 153 Å². The minimum Gasteiger partial charge on any atom is -0.462 e. The van der Waals surface area contributed by atoms with E-state index in [1.54, 1.807) is 37.5 Å². The molecule has 1 aliphatic heterocycles. The molecule has 0 bridgehead atoms. The van der Waals surface area contributed by atoms with Crippen LogP contribution in [-0.4, -0.2) is 33.5 Å². The maximum absolute atomic E-state index is 12.5. The molecule has 4 rings (SSSR count). The van der Waals surface area contributed by atoms with Gasteiger partial charge in [-0.1, -0.05) is 6.07 Å². The highest BCUT2D eigenvalue weighted by Crippen LogP contribution is 2.38. The van der Waals surface area contributed by atoms with E-state index in [1.165, 1.54) is 6.20 Å². The van der Waals surface area contributed by atoms with Crippen LogP contribution in [-0.2, 0) is 9.53 Å². The Morgan fingerprint density at radius 1 is 1.26 bits per heavy atom. The molecule has 136 valence electrons. The summed E-state index contributed by atoms with van der Waals surface area (Å²) in [4.78, 5) is 48.0. The predicted molar refractivity (Wildman–Crippen MR) is 94.7 cm³/mol. The van der Waals surface area contributed by atoms with Crippen LogP contribution in [0, 0.1) is 0 Å². The van der Waals surface area contributed by atoms with Crippen LogP contribution in [0.2, 0.25) is 0 Å². The number of fused-ring (bicyclic) bond motifs is 2. The molecule has 0 radical (unpaired) electrons. The zero-order valence-corrected chi connectivity index (χ0v) is 14.4. The van der Waals surface area contributed by atoms with E-state index in [0.29, 0.717) is 16.6 Å². The number of aromatic amines is 1. The largest absolute Gasteiger partial charge is 0.462 e. The molecular formula is C19H15N3O5. The first kappa shape index (κ1) is 16.9. The second-order valence-electron chi connectivity index (χ2n) is 6.03. The van der Waals surface area contributed by atoms with Gasteiger partial charge >= 0.3 is 11.9 Å². The molecule has 1 atom stereocenters. The molecule has 3 heterocycles. The standard InChI is InChI=1S/C19H15N3O5/c1-2-26-19(25)12-9-22-18(24)16-11(8-15(23)27-17(12)16)10-3-4-13-14(7-10)21-6-5-20-13/h3-7,9,11H,2,8H2,1H3,(H,22,24)/t11-/m0/s1. The second-order valence-corrected chi connectivity index (χ2v) is 6.03. The van der Waals surface area contributed by atoms with Crippen molar-refractivity contribution in [2.24, 2.45) is 0 Å². The van der Waals surface area contributed by atoms with Crippen LogP contribution in [0.5, 0.6) is 5.75 Å². The molecule has 2 aromatic heterocycles. The Kier molecular flexibility index (Phi) is 4.15. The summed E-state index contributed by atoms with van der Waals surface area (Å²) in [7, 11) is 0. The number of aromatic nitrogens is 3. The highest BCUT2D eigenvalue weighted by molar-refractivity contribution is 5.94. The summed E-state index contributed by atoms with van der Waals surface area (Å²) in [6, 6.07) is 5.35. The van der Waals surface area contributed by atoms with Crippen LogP contribution in [0.15, 0.2) is 41.6 Å². The quantitative estimate of drug-likeness (QED) is 0.706. The van der Waals surface area contributed by atoms with Gasteiger partial charge in [0.05, 0.1) is 29.6 Å². The fourth-order valence-corrected chi connectivity index (χ4v) is 3.22.